The highest BCUT2D eigenvalue weighted by molar-refractivity contribution is 5.66. The van der Waals surface area contributed by atoms with Gasteiger partial charge in [0.1, 0.15) is 11.9 Å². The van der Waals surface area contributed by atoms with Crippen LogP contribution < -0.4 is 0 Å². The molecule has 0 aliphatic heterocycles. The first-order chi connectivity index (χ1) is 11.8. The Morgan fingerprint density at radius 1 is 1.32 bits per heavy atom. The van der Waals surface area contributed by atoms with E-state index in [4.69, 9.17) is 9.15 Å². The Hall–Kier alpha value is -1.77. The quantitative estimate of drug-likeness (QED) is 0.515. The lowest BCUT2D eigenvalue weighted by Gasteiger charge is -2.40. The molecule has 0 fully saturated rings. The molecule has 136 valence electrons. The summed E-state index contributed by atoms with van der Waals surface area (Å²) in [4.78, 5) is 11.4. The van der Waals surface area contributed by atoms with Crippen LogP contribution in [0, 0.1) is 5.92 Å². The van der Waals surface area contributed by atoms with Crippen LogP contribution in [0.2, 0.25) is 0 Å². The zero-order chi connectivity index (χ0) is 18.2. The standard InChI is InChI=1S/C22H30O3/c1-14-6-8-18-9-7-17-13-24-20(21(17)22(18,4)5)12-15(2)11-19(10-14)25-16(3)23/h11,13,18-19H,1,6-10,12H2,2-5H3/t18-,19+/m1/s1. The maximum atomic E-state index is 11.4. The predicted molar refractivity (Wildman–Crippen MR) is 99.6 cm³/mol. The first-order valence-corrected chi connectivity index (χ1v) is 9.38. The van der Waals surface area contributed by atoms with E-state index in [1.165, 1.54) is 35.6 Å². The van der Waals surface area contributed by atoms with Crippen molar-refractivity contribution in [1.29, 1.82) is 0 Å². The van der Waals surface area contributed by atoms with E-state index in [9.17, 15) is 4.79 Å². The number of ether oxygens (including phenoxy) is 1. The molecule has 0 saturated carbocycles. The SMILES string of the molecule is C=C1CC[C@@H]2CCc3coc(c3C2(C)C)CC(C)=C[C@@H](OC(C)=O)C1. The summed E-state index contributed by atoms with van der Waals surface area (Å²) in [6, 6.07) is 0. The fourth-order valence-electron chi connectivity index (χ4n) is 4.67. The number of carbonyl (C=O) groups is 1. The molecule has 0 amide bonds. The molecule has 3 nitrogen and oxygen atoms in total. The minimum atomic E-state index is -0.241. The van der Waals surface area contributed by atoms with Gasteiger partial charge in [-0.3, -0.25) is 4.79 Å². The molecule has 0 unspecified atom stereocenters. The molecule has 2 aliphatic rings. The smallest absolute Gasteiger partial charge is 0.303 e. The Bertz CT molecular complexity index is 705. The molecule has 0 radical (unpaired) electrons. The summed E-state index contributed by atoms with van der Waals surface area (Å²) in [6.45, 7) is 12.5. The third-order valence-corrected chi connectivity index (χ3v) is 5.93. The molecule has 0 aromatic carbocycles. The van der Waals surface area contributed by atoms with Crippen LogP contribution in [0.4, 0.5) is 0 Å². The van der Waals surface area contributed by atoms with Crippen LogP contribution >= 0.6 is 0 Å². The molecule has 0 spiro atoms. The highest BCUT2D eigenvalue weighted by Crippen LogP contribution is 2.46. The van der Waals surface area contributed by atoms with Crippen molar-refractivity contribution in [3.05, 3.63) is 47.0 Å². The van der Waals surface area contributed by atoms with Crippen LogP contribution in [0.25, 0.3) is 0 Å². The summed E-state index contributed by atoms with van der Waals surface area (Å²) in [6.07, 6.45) is 9.71. The lowest BCUT2D eigenvalue weighted by molar-refractivity contribution is -0.144. The van der Waals surface area contributed by atoms with Crippen molar-refractivity contribution in [3.8, 4) is 0 Å². The van der Waals surface area contributed by atoms with E-state index in [1.54, 1.807) is 0 Å². The topological polar surface area (TPSA) is 39.4 Å². The largest absolute Gasteiger partial charge is 0.468 e. The minimum Gasteiger partial charge on any atom is -0.468 e. The summed E-state index contributed by atoms with van der Waals surface area (Å²) in [7, 11) is 0. The van der Waals surface area contributed by atoms with Crippen molar-refractivity contribution >= 4 is 5.97 Å². The van der Waals surface area contributed by atoms with Crippen molar-refractivity contribution in [2.45, 2.75) is 77.7 Å². The van der Waals surface area contributed by atoms with Crippen LogP contribution in [0.15, 0.2) is 34.5 Å². The number of hydrogen-bond acceptors (Lipinski definition) is 3. The van der Waals surface area contributed by atoms with Gasteiger partial charge in [-0.05, 0) is 55.6 Å². The van der Waals surface area contributed by atoms with Gasteiger partial charge in [0.2, 0.25) is 0 Å². The summed E-state index contributed by atoms with van der Waals surface area (Å²) in [5.41, 5.74) is 5.26. The van der Waals surface area contributed by atoms with Gasteiger partial charge in [-0.15, -0.1) is 0 Å². The molecule has 1 aromatic rings. The van der Waals surface area contributed by atoms with E-state index in [-0.39, 0.29) is 17.5 Å². The van der Waals surface area contributed by atoms with Gasteiger partial charge in [0, 0.05) is 25.3 Å². The van der Waals surface area contributed by atoms with Crippen LogP contribution in [-0.2, 0) is 27.8 Å². The third kappa shape index (κ3) is 3.75. The van der Waals surface area contributed by atoms with Gasteiger partial charge >= 0.3 is 5.97 Å². The van der Waals surface area contributed by atoms with Crippen LogP contribution in [0.3, 0.4) is 0 Å². The Morgan fingerprint density at radius 2 is 2.04 bits per heavy atom. The minimum absolute atomic E-state index is 0.130. The maximum absolute atomic E-state index is 11.4. The number of hydrogen-bond donors (Lipinski definition) is 0. The first kappa shape index (κ1) is 18.0. The molecule has 3 rings (SSSR count). The van der Waals surface area contributed by atoms with E-state index < -0.39 is 0 Å². The van der Waals surface area contributed by atoms with Crippen molar-refractivity contribution in [2.24, 2.45) is 5.92 Å². The van der Waals surface area contributed by atoms with Gasteiger partial charge < -0.3 is 9.15 Å². The fourth-order valence-corrected chi connectivity index (χ4v) is 4.67. The highest BCUT2D eigenvalue weighted by atomic mass is 16.5. The first-order valence-electron chi connectivity index (χ1n) is 9.38. The molecule has 0 saturated heterocycles. The highest BCUT2D eigenvalue weighted by Gasteiger charge is 2.39. The average Bonchev–Trinajstić information content (AvgIpc) is 2.88. The van der Waals surface area contributed by atoms with Crippen LogP contribution in [0.5, 0.6) is 0 Å². The molecular weight excluding hydrogens is 312 g/mol. The van der Waals surface area contributed by atoms with Gasteiger partial charge in [-0.2, -0.15) is 0 Å². The Balaban J connectivity index is 1.99. The summed E-state index contributed by atoms with van der Waals surface area (Å²) < 4.78 is 11.5. The second-order valence-electron chi connectivity index (χ2n) is 8.35. The van der Waals surface area contributed by atoms with Crippen molar-refractivity contribution < 1.29 is 13.9 Å². The number of allylic oxidation sites excluding steroid dienone is 1. The lowest BCUT2D eigenvalue weighted by Crippen LogP contribution is -2.34. The second kappa shape index (κ2) is 6.86. The maximum Gasteiger partial charge on any atom is 0.303 e. The molecule has 0 N–H and O–H groups in total. The van der Waals surface area contributed by atoms with E-state index in [2.05, 4.69) is 33.4 Å². The van der Waals surface area contributed by atoms with Gasteiger partial charge in [0.05, 0.1) is 6.26 Å². The van der Waals surface area contributed by atoms with Gasteiger partial charge in [-0.25, -0.2) is 0 Å². The Morgan fingerprint density at radius 3 is 2.76 bits per heavy atom. The Labute approximate surface area is 151 Å². The monoisotopic (exact) mass is 342 g/mol. The van der Waals surface area contributed by atoms with E-state index in [1.807, 2.05) is 6.26 Å². The van der Waals surface area contributed by atoms with Gasteiger partial charge in [0.15, 0.2) is 0 Å². The van der Waals surface area contributed by atoms with Crippen molar-refractivity contribution in [2.75, 3.05) is 0 Å². The zero-order valence-corrected chi connectivity index (χ0v) is 16.0. The van der Waals surface area contributed by atoms with Crippen molar-refractivity contribution in [3.63, 3.8) is 0 Å². The molecule has 25 heavy (non-hydrogen) atoms. The number of carbonyl (C=O) groups excluding carboxylic acids is 1. The third-order valence-electron chi connectivity index (χ3n) is 5.93. The molecule has 2 atom stereocenters. The van der Waals surface area contributed by atoms with E-state index in [0.29, 0.717) is 12.3 Å². The zero-order valence-electron chi connectivity index (χ0n) is 16.0. The Kier molecular flexibility index (Phi) is 4.95. The fraction of sp³-hybridized carbons (Fsp3) is 0.591. The number of esters is 1. The number of fused-ring (bicyclic) bond motifs is 1. The van der Waals surface area contributed by atoms with Crippen LogP contribution in [0.1, 0.15) is 70.3 Å². The molecule has 3 heteroatoms. The van der Waals surface area contributed by atoms with Crippen LogP contribution in [-0.4, -0.2) is 12.1 Å². The molecular formula is C22H30O3. The molecule has 2 bridgehead atoms. The summed E-state index contributed by atoms with van der Waals surface area (Å²) >= 11 is 0. The number of rotatable bonds is 1. The summed E-state index contributed by atoms with van der Waals surface area (Å²) in [5, 5.41) is 0. The molecule has 2 aliphatic carbocycles. The van der Waals surface area contributed by atoms with E-state index >= 15 is 0 Å². The number of aryl methyl sites for hydroxylation is 1. The predicted octanol–water partition coefficient (Wildman–Crippen LogP) is 5.28. The van der Waals surface area contributed by atoms with Gasteiger partial charge in [-0.1, -0.05) is 31.6 Å². The van der Waals surface area contributed by atoms with Crippen molar-refractivity contribution in [1.82, 2.24) is 0 Å². The number of furan rings is 1. The summed E-state index contributed by atoms with van der Waals surface area (Å²) in [5.74, 6) is 1.47. The normalized spacial score (nSPS) is 26.2. The average molecular weight is 342 g/mol. The second-order valence-corrected chi connectivity index (χ2v) is 8.35. The van der Waals surface area contributed by atoms with E-state index in [0.717, 1.165) is 31.4 Å². The molecule has 1 heterocycles. The lowest BCUT2D eigenvalue weighted by atomic mass is 9.64. The molecule has 1 aromatic heterocycles. The van der Waals surface area contributed by atoms with Gasteiger partial charge in [0.25, 0.3) is 0 Å².